The normalized spacial score (nSPS) is 18.2. The van der Waals surface area contributed by atoms with Crippen LogP contribution in [-0.4, -0.2) is 36.3 Å². The van der Waals surface area contributed by atoms with Gasteiger partial charge in [-0.3, -0.25) is 14.5 Å². The van der Waals surface area contributed by atoms with Crippen LogP contribution in [0, 0.1) is 5.82 Å². The minimum Gasteiger partial charge on any atom is -0.368 e. The minimum absolute atomic E-state index is 0.337. The summed E-state index contributed by atoms with van der Waals surface area (Å²) in [6.07, 6.45) is 2.82. The fourth-order valence-corrected chi connectivity index (χ4v) is 3.08. The summed E-state index contributed by atoms with van der Waals surface area (Å²) in [6.45, 7) is 0. The highest BCUT2D eigenvalue weighted by atomic mass is 19.1. The quantitative estimate of drug-likeness (QED) is 0.862. The fourth-order valence-electron chi connectivity index (χ4n) is 3.08. The minimum atomic E-state index is -0.974. The second-order valence-electron chi connectivity index (χ2n) is 6.06. The summed E-state index contributed by atoms with van der Waals surface area (Å²) in [6, 6.07) is 5.24. The van der Waals surface area contributed by atoms with Gasteiger partial charge in [-0.1, -0.05) is 25.0 Å². The van der Waals surface area contributed by atoms with Gasteiger partial charge in [0.2, 0.25) is 11.8 Å². The van der Waals surface area contributed by atoms with Crippen LogP contribution in [0.5, 0.6) is 0 Å². The third-order valence-electron chi connectivity index (χ3n) is 4.22. The zero-order valence-electron chi connectivity index (χ0n) is 12.9. The van der Waals surface area contributed by atoms with Crippen molar-refractivity contribution in [2.75, 3.05) is 14.1 Å². The van der Waals surface area contributed by atoms with Crippen molar-refractivity contribution < 1.29 is 14.0 Å². The first-order valence-electron chi connectivity index (χ1n) is 7.39. The molecule has 0 radical (unpaired) electrons. The van der Waals surface area contributed by atoms with Gasteiger partial charge in [0.05, 0.1) is 0 Å². The number of likely N-dealkylation sites (N-methyl/N-ethyl adjacent to an activating group) is 1. The molecule has 22 heavy (non-hydrogen) atoms. The van der Waals surface area contributed by atoms with E-state index in [1.807, 2.05) is 0 Å². The molecule has 5 nitrogen and oxygen atoms in total. The average molecular weight is 307 g/mol. The van der Waals surface area contributed by atoms with Crippen LogP contribution in [0.25, 0.3) is 0 Å². The number of benzene rings is 1. The highest BCUT2D eigenvalue weighted by Crippen LogP contribution is 2.31. The molecule has 1 aliphatic carbocycles. The van der Waals surface area contributed by atoms with Crippen molar-refractivity contribution in [3.05, 3.63) is 35.6 Å². The van der Waals surface area contributed by atoms with Gasteiger partial charge >= 0.3 is 0 Å². The van der Waals surface area contributed by atoms with Crippen LogP contribution in [0.1, 0.15) is 37.3 Å². The van der Waals surface area contributed by atoms with Crippen molar-refractivity contribution in [3.8, 4) is 0 Å². The zero-order chi connectivity index (χ0) is 16.3. The molecule has 1 aromatic rings. The highest BCUT2D eigenvalue weighted by molar-refractivity contribution is 5.92. The molecule has 0 aromatic heterocycles. The SMILES string of the molecule is CN(C)[C@@H](C(=O)NC1(C(N)=O)CCCC1)c1cccc(F)c1. The molecule has 6 heteroatoms. The molecular formula is C16H22FN3O2. The van der Waals surface area contributed by atoms with E-state index < -0.39 is 23.3 Å². The number of hydrogen-bond acceptors (Lipinski definition) is 3. The van der Waals surface area contributed by atoms with Crippen LogP contribution >= 0.6 is 0 Å². The first kappa shape index (κ1) is 16.4. The van der Waals surface area contributed by atoms with Crippen molar-refractivity contribution in [2.45, 2.75) is 37.3 Å². The van der Waals surface area contributed by atoms with Crippen LogP contribution in [0.3, 0.4) is 0 Å². The summed E-state index contributed by atoms with van der Waals surface area (Å²) >= 11 is 0. The molecule has 0 saturated heterocycles. The van der Waals surface area contributed by atoms with Gasteiger partial charge in [0.1, 0.15) is 17.4 Å². The predicted molar refractivity (Wildman–Crippen MR) is 81.4 cm³/mol. The Labute approximate surface area is 129 Å². The lowest BCUT2D eigenvalue weighted by Crippen LogP contribution is -2.57. The molecule has 0 unspecified atom stereocenters. The second kappa shape index (κ2) is 6.44. The van der Waals surface area contributed by atoms with E-state index in [0.717, 1.165) is 12.8 Å². The third-order valence-corrected chi connectivity index (χ3v) is 4.22. The number of carbonyl (C=O) groups excluding carboxylic acids is 2. The summed E-state index contributed by atoms with van der Waals surface area (Å²) in [4.78, 5) is 26.1. The number of nitrogens with zero attached hydrogens (tertiary/aromatic N) is 1. The second-order valence-corrected chi connectivity index (χ2v) is 6.06. The fraction of sp³-hybridized carbons (Fsp3) is 0.500. The van der Waals surface area contributed by atoms with Crippen molar-refractivity contribution in [1.29, 1.82) is 0 Å². The van der Waals surface area contributed by atoms with Crippen LogP contribution in [0.2, 0.25) is 0 Å². The molecular weight excluding hydrogens is 285 g/mol. The number of amides is 2. The number of nitrogens with two attached hydrogens (primary N) is 1. The van der Waals surface area contributed by atoms with E-state index in [9.17, 15) is 14.0 Å². The van der Waals surface area contributed by atoms with Gasteiger partial charge in [0, 0.05) is 0 Å². The van der Waals surface area contributed by atoms with E-state index in [4.69, 9.17) is 5.73 Å². The monoisotopic (exact) mass is 307 g/mol. The van der Waals surface area contributed by atoms with Crippen molar-refractivity contribution in [3.63, 3.8) is 0 Å². The molecule has 0 bridgehead atoms. The predicted octanol–water partition coefficient (Wildman–Crippen LogP) is 1.34. The number of halogens is 1. The van der Waals surface area contributed by atoms with Gasteiger partial charge in [-0.25, -0.2) is 4.39 Å². The maximum atomic E-state index is 13.4. The lowest BCUT2D eigenvalue weighted by molar-refractivity contribution is -0.134. The summed E-state index contributed by atoms with van der Waals surface area (Å²) in [7, 11) is 3.47. The molecule has 120 valence electrons. The maximum absolute atomic E-state index is 13.4. The van der Waals surface area contributed by atoms with Gasteiger partial charge in [0.25, 0.3) is 0 Å². The summed E-state index contributed by atoms with van der Waals surface area (Å²) in [5, 5.41) is 2.81. The van der Waals surface area contributed by atoms with Gasteiger partial charge in [-0.15, -0.1) is 0 Å². The van der Waals surface area contributed by atoms with Gasteiger partial charge in [0.15, 0.2) is 0 Å². The Morgan fingerprint density at radius 2 is 1.95 bits per heavy atom. The molecule has 0 heterocycles. The van der Waals surface area contributed by atoms with E-state index in [1.54, 1.807) is 31.1 Å². The molecule has 1 fully saturated rings. The smallest absolute Gasteiger partial charge is 0.243 e. The lowest BCUT2D eigenvalue weighted by atomic mass is 9.95. The Morgan fingerprint density at radius 1 is 1.32 bits per heavy atom. The number of primary amides is 1. The third kappa shape index (κ3) is 3.27. The summed E-state index contributed by atoms with van der Waals surface area (Å²) < 4.78 is 13.4. The molecule has 2 amide bonds. The first-order chi connectivity index (χ1) is 10.4. The molecule has 3 N–H and O–H groups in total. The lowest BCUT2D eigenvalue weighted by Gasteiger charge is -2.31. The summed E-state index contributed by atoms with van der Waals surface area (Å²) in [5.41, 5.74) is 5.06. The van der Waals surface area contributed by atoms with Crippen molar-refractivity contribution in [1.82, 2.24) is 10.2 Å². The van der Waals surface area contributed by atoms with Gasteiger partial charge < -0.3 is 11.1 Å². The molecule has 2 rings (SSSR count). The van der Waals surface area contributed by atoms with Gasteiger partial charge in [-0.2, -0.15) is 0 Å². The number of nitrogens with one attached hydrogen (secondary N) is 1. The largest absolute Gasteiger partial charge is 0.368 e. The van der Waals surface area contributed by atoms with Crippen molar-refractivity contribution >= 4 is 11.8 Å². The first-order valence-corrected chi connectivity index (χ1v) is 7.39. The maximum Gasteiger partial charge on any atom is 0.243 e. The van der Waals surface area contributed by atoms with Crippen LogP contribution in [-0.2, 0) is 9.59 Å². The summed E-state index contributed by atoms with van der Waals surface area (Å²) in [5.74, 6) is -1.24. The average Bonchev–Trinajstić information content (AvgIpc) is 2.88. The van der Waals surface area contributed by atoms with Crippen LogP contribution in [0.15, 0.2) is 24.3 Å². The number of carbonyl (C=O) groups is 2. The van der Waals surface area contributed by atoms with E-state index in [0.29, 0.717) is 18.4 Å². The molecule has 1 atom stereocenters. The number of rotatable bonds is 5. The van der Waals surface area contributed by atoms with E-state index >= 15 is 0 Å². The highest BCUT2D eigenvalue weighted by Gasteiger charge is 2.42. The Hall–Kier alpha value is -1.95. The zero-order valence-corrected chi connectivity index (χ0v) is 12.9. The molecule has 0 spiro atoms. The van der Waals surface area contributed by atoms with E-state index in [1.165, 1.54) is 12.1 Å². The Bertz CT molecular complexity index is 568. The van der Waals surface area contributed by atoms with E-state index in [-0.39, 0.29) is 5.91 Å². The Morgan fingerprint density at radius 3 is 2.45 bits per heavy atom. The van der Waals surface area contributed by atoms with Gasteiger partial charge in [-0.05, 0) is 44.6 Å². The Balaban J connectivity index is 2.25. The Kier molecular flexibility index (Phi) is 4.81. The molecule has 1 aromatic carbocycles. The standard InChI is InChI=1S/C16H22FN3O2/c1-20(2)13(11-6-5-7-12(17)10-11)14(21)19-16(15(18)22)8-3-4-9-16/h5-7,10,13H,3-4,8-9H2,1-2H3,(H2,18,22)(H,19,21)/t13-/m1/s1. The van der Waals surface area contributed by atoms with Crippen LogP contribution in [0.4, 0.5) is 4.39 Å². The topological polar surface area (TPSA) is 75.4 Å². The van der Waals surface area contributed by atoms with Crippen LogP contribution < -0.4 is 11.1 Å². The molecule has 1 saturated carbocycles. The molecule has 1 aliphatic rings. The molecule has 0 aliphatic heterocycles. The number of hydrogen-bond donors (Lipinski definition) is 2. The van der Waals surface area contributed by atoms with Crippen molar-refractivity contribution in [2.24, 2.45) is 5.73 Å². The van der Waals surface area contributed by atoms with E-state index in [2.05, 4.69) is 5.32 Å².